The summed E-state index contributed by atoms with van der Waals surface area (Å²) in [7, 11) is 0. The van der Waals surface area contributed by atoms with Crippen LogP contribution >= 0.6 is 22.7 Å². The third-order valence-corrected chi connectivity index (χ3v) is 4.52. The Morgan fingerprint density at radius 2 is 2.26 bits per heavy atom. The van der Waals surface area contributed by atoms with E-state index in [-0.39, 0.29) is 0 Å². The Hall–Kier alpha value is -2.06. The molecule has 8 heteroatoms. The van der Waals surface area contributed by atoms with Gasteiger partial charge in [0.2, 0.25) is 10.8 Å². The van der Waals surface area contributed by atoms with Crippen molar-refractivity contribution >= 4 is 27.6 Å². The molecule has 19 heavy (non-hydrogen) atoms. The smallest absolute Gasteiger partial charge is 0.235 e. The Bertz CT molecular complexity index is 842. The largest absolute Gasteiger partial charge is 0.361 e. The summed E-state index contributed by atoms with van der Waals surface area (Å²) in [4.78, 5) is 1.87. The molecule has 0 saturated carbocycles. The lowest BCUT2D eigenvalue weighted by molar-refractivity contribution is 0.399. The van der Waals surface area contributed by atoms with Crippen molar-refractivity contribution in [1.29, 1.82) is 0 Å². The lowest BCUT2D eigenvalue weighted by atomic mass is 10.4. The Morgan fingerprint density at radius 1 is 1.32 bits per heavy atom. The first-order chi connectivity index (χ1) is 9.31. The van der Waals surface area contributed by atoms with Gasteiger partial charge in [-0.05, 0) is 18.4 Å². The number of nitrogens with zero attached hydrogens (tertiary/aromatic N) is 5. The third kappa shape index (κ3) is 1.68. The van der Waals surface area contributed by atoms with Crippen molar-refractivity contribution in [2.45, 2.75) is 6.92 Å². The van der Waals surface area contributed by atoms with Gasteiger partial charge in [0, 0.05) is 6.07 Å². The molecule has 4 rings (SSSR count). The highest BCUT2D eigenvalue weighted by Gasteiger charge is 2.17. The molecule has 0 unspecified atom stereocenters. The zero-order valence-corrected chi connectivity index (χ0v) is 11.4. The maximum absolute atomic E-state index is 5.06. The van der Waals surface area contributed by atoms with Gasteiger partial charge < -0.3 is 4.52 Å². The Balaban J connectivity index is 1.89. The van der Waals surface area contributed by atoms with Crippen LogP contribution in [0.3, 0.4) is 0 Å². The zero-order chi connectivity index (χ0) is 12.8. The van der Waals surface area contributed by atoms with Crippen LogP contribution in [-0.2, 0) is 0 Å². The summed E-state index contributed by atoms with van der Waals surface area (Å²) in [5.74, 6) is 1.34. The maximum Gasteiger partial charge on any atom is 0.235 e. The standard InChI is InChI=1S/C11H7N5OS2/c1-6-5-7(15-17-6)9-12-13-11-16(9)14-10(19-11)8-3-2-4-18-8/h2-5H,1H3. The van der Waals surface area contributed by atoms with Crippen LogP contribution in [0.5, 0.6) is 0 Å². The molecule has 0 aliphatic heterocycles. The lowest BCUT2D eigenvalue weighted by Crippen LogP contribution is -1.90. The van der Waals surface area contributed by atoms with Crippen LogP contribution in [0.2, 0.25) is 0 Å². The summed E-state index contributed by atoms with van der Waals surface area (Å²) in [6.45, 7) is 1.84. The van der Waals surface area contributed by atoms with Gasteiger partial charge in [-0.3, -0.25) is 0 Å². The van der Waals surface area contributed by atoms with Crippen LogP contribution in [0.1, 0.15) is 5.76 Å². The normalized spacial score (nSPS) is 11.4. The van der Waals surface area contributed by atoms with Crippen molar-refractivity contribution in [1.82, 2.24) is 25.0 Å². The predicted octanol–water partition coefficient (Wildman–Crippen LogP) is 2.88. The van der Waals surface area contributed by atoms with Crippen LogP contribution in [0.25, 0.3) is 26.4 Å². The van der Waals surface area contributed by atoms with E-state index in [0.717, 1.165) is 20.6 Å². The molecule has 0 fully saturated rings. The molecule has 4 heterocycles. The Morgan fingerprint density at radius 3 is 3.00 bits per heavy atom. The van der Waals surface area contributed by atoms with Crippen molar-refractivity contribution in [3.05, 3.63) is 29.3 Å². The minimum atomic E-state index is 0.603. The zero-order valence-electron chi connectivity index (χ0n) is 9.77. The molecule has 0 spiro atoms. The van der Waals surface area contributed by atoms with E-state index in [4.69, 9.17) is 4.52 Å². The van der Waals surface area contributed by atoms with E-state index in [1.54, 1.807) is 15.9 Å². The molecular weight excluding hydrogens is 282 g/mol. The number of aromatic nitrogens is 5. The highest BCUT2D eigenvalue weighted by atomic mass is 32.1. The number of fused-ring (bicyclic) bond motifs is 1. The fraction of sp³-hybridized carbons (Fsp3) is 0.0909. The van der Waals surface area contributed by atoms with Gasteiger partial charge in [0.25, 0.3) is 0 Å². The Labute approximate surface area is 115 Å². The number of hydrogen-bond donors (Lipinski definition) is 0. The van der Waals surface area contributed by atoms with Gasteiger partial charge in [-0.2, -0.15) is 9.61 Å². The molecular formula is C11H7N5OS2. The topological polar surface area (TPSA) is 69.1 Å². The van der Waals surface area contributed by atoms with Crippen LogP contribution in [0.15, 0.2) is 28.1 Å². The van der Waals surface area contributed by atoms with Crippen LogP contribution in [0.4, 0.5) is 0 Å². The molecule has 0 radical (unpaired) electrons. The van der Waals surface area contributed by atoms with Gasteiger partial charge in [0.15, 0.2) is 10.7 Å². The van der Waals surface area contributed by atoms with E-state index >= 15 is 0 Å². The number of aryl methyl sites for hydroxylation is 1. The van der Waals surface area contributed by atoms with E-state index in [1.807, 2.05) is 30.5 Å². The van der Waals surface area contributed by atoms with Gasteiger partial charge in [0.1, 0.15) is 5.76 Å². The van der Waals surface area contributed by atoms with Crippen molar-refractivity contribution < 1.29 is 4.52 Å². The average molecular weight is 289 g/mol. The molecule has 0 saturated heterocycles. The first-order valence-corrected chi connectivity index (χ1v) is 7.21. The average Bonchev–Trinajstić information content (AvgIpc) is 3.11. The molecule has 4 aromatic heterocycles. The molecule has 0 aliphatic rings. The molecule has 0 N–H and O–H groups in total. The highest BCUT2D eigenvalue weighted by Crippen LogP contribution is 2.30. The highest BCUT2D eigenvalue weighted by molar-refractivity contribution is 7.23. The minimum absolute atomic E-state index is 0.603. The molecule has 0 atom stereocenters. The predicted molar refractivity (Wildman–Crippen MR) is 72.2 cm³/mol. The summed E-state index contributed by atoms with van der Waals surface area (Å²) >= 11 is 3.16. The van der Waals surface area contributed by atoms with Gasteiger partial charge >= 0.3 is 0 Å². The minimum Gasteiger partial charge on any atom is -0.361 e. The van der Waals surface area contributed by atoms with E-state index in [2.05, 4.69) is 20.5 Å². The van der Waals surface area contributed by atoms with E-state index < -0.39 is 0 Å². The molecule has 4 aromatic rings. The summed E-state index contributed by atoms with van der Waals surface area (Å²) in [6, 6.07) is 5.86. The third-order valence-electron chi connectivity index (χ3n) is 2.58. The van der Waals surface area contributed by atoms with E-state index in [1.165, 1.54) is 11.3 Å². The van der Waals surface area contributed by atoms with Crippen LogP contribution < -0.4 is 0 Å². The SMILES string of the molecule is Cc1cc(-c2nnc3sc(-c4cccs4)nn23)no1. The van der Waals surface area contributed by atoms with E-state index in [9.17, 15) is 0 Å². The van der Waals surface area contributed by atoms with Crippen molar-refractivity contribution in [3.8, 4) is 21.4 Å². The summed E-state index contributed by atoms with van der Waals surface area (Å²) in [5.41, 5.74) is 0.646. The van der Waals surface area contributed by atoms with E-state index in [0.29, 0.717) is 11.5 Å². The fourth-order valence-electron chi connectivity index (χ4n) is 1.75. The van der Waals surface area contributed by atoms with Gasteiger partial charge in [0.05, 0.1) is 4.88 Å². The molecule has 0 bridgehead atoms. The van der Waals surface area contributed by atoms with Crippen molar-refractivity contribution in [2.75, 3.05) is 0 Å². The molecule has 94 valence electrons. The van der Waals surface area contributed by atoms with Gasteiger partial charge in [-0.25, -0.2) is 0 Å². The second kappa shape index (κ2) is 3.97. The van der Waals surface area contributed by atoms with Gasteiger partial charge in [-0.15, -0.1) is 21.5 Å². The number of rotatable bonds is 2. The summed E-state index contributed by atoms with van der Waals surface area (Å²) in [5, 5.41) is 19.7. The molecule has 0 amide bonds. The summed E-state index contributed by atoms with van der Waals surface area (Å²) in [6.07, 6.45) is 0. The van der Waals surface area contributed by atoms with Crippen LogP contribution in [0, 0.1) is 6.92 Å². The van der Waals surface area contributed by atoms with Gasteiger partial charge in [-0.1, -0.05) is 22.6 Å². The summed E-state index contributed by atoms with van der Waals surface area (Å²) < 4.78 is 6.77. The lowest BCUT2D eigenvalue weighted by Gasteiger charge is -1.88. The van der Waals surface area contributed by atoms with Crippen LogP contribution in [-0.4, -0.2) is 25.0 Å². The first kappa shape index (κ1) is 10.8. The van der Waals surface area contributed by atoms with Crippen molar-refractivity contribution in [2.24, 2.45) is 0 Å². The molecule has 0 aliphatic carbocycles. The molecule has 6 nitrogen and oxygen atoms in total. The quantitative estimate of drug-likeness (QED) is 0.567. The first-order valence-electron chi connectivity index (χ1n) is 5.51. The fourth-order valence-corrected chi connectivity index (χ4v) is 3.38. The number of hydrogen-bond acceptors (Lipinski definition) is 7. The van der Waals surface area contributed by atoms with Crippen molar-refractivity contribution in [3.63, 3.8) is 0 Å². The second-order valence-electron chi connectivity index (χ2n) is 3.93. The monoisotopic (exact) mass is 289 g/mol. The molecule has 0 aromatic carbocycles. The second-order valence-corrected chi connectivity index (χ2v) is 5.83. The number of thiophene rings is 1. The Kier molecular flexibility index (Phi) is 2.26. The maximum atomic E-state index is 5.06.